The predicted molar refractivity (Wildman–Crippen MR) is 138 cm³/mol. The van der Waals surface area contributed by atoms with Crippen LogP contribution in [0.3, 0.4) is 0 Å². The molecule has 0 spiro atoms. The van der Waals surface area contributed by atoms with Crippen LogP contribution in [0.25, 0.3) is 0 Å². The summed E-state index contributed by atoms with van der Waals surface area (Å²) in [6, 6.07) is 7.60. The number of benzene rings is 1. The first kappa shape index (κ1) is 25.4. The second-order valence-corrected chi connectivity index (χ2v) is 7.83. The molecule has 180 valence electrons. The first-order valence-corrected chi connectivity index (χ1v) is 11.2. The van der Waals surface area contributed by atoms with E-state index in [0.717, 1.165) is 43.0 Å². The Morgan fingerprint density at radius 3 is 2.55 bits per heavy atom. The van der Waals surface area contributed by atoms with Crippen LogP contribution >= 0.6 is 24.0 Å². The number of anilines is 2. The van der Waals surface area contributed by atoms with Gasteiger partial charge in [0.05, 0.1) is 25.4 Å². The molecule has 0 bridgehead atoms. The normalized spacial score (nSPS) is 17.1. The molecule has 2 fully saturated rings. The van der Waals surface area contributed by atoms with E-state index in [-0.39, 0.29) is 24.0 Å². The monoisotopic (exact) mass is 572 g/mol. The molecular formula is C23H31F2IN6O. The van der Waals surface area contributed by atoms with Gasteiger partial charge < -0.3 is 24.8 Å². The zero-order valence-corrected chi connectivity index (χ0v) is 21.2. The minimum atomic E-state index is -0.425. The molecule has 0 atom stereocenters. The Labute approximate surface area is 210 Å². The van der Waals surface area contributed by atoms with E-state index in [2.05, 4.69) is 26.2 Å². The molecule has 0 unspecified atom stereocenters. The molecule has 33 heavy (non-hydrogen) atoms. The van der Waals surface area contributed by atoms with Gasteiger partial charge in [0, 0.05) is 63.6 Å². The van der Waals surface area contributed by atoms with Gasteiger partial charge in [-0.15, -0.1) is 24.0 Å². The molecule has 2 aliphatic rings. The van der Waals surface area contributed by atoms with E-state index in [0.29, 0.717) is 51.6 Å². The van der Waals surface area contributed by atoms with Crippen LogP contribution in [0.1, 0.15) is 12.5 Å². The Hall–Kier alpha value is -2.21. The molecule has 7 nitrogen and oxygen atoms in total. The molecular weight excluding hydrogens is 541 g/mol. The molecule has 2 saturated heterocycles. The zero-order valence-electron chi connectivity index (χ0n) is 18.8. The predicted octanol–water partition coefficient (Wildman–Crippen LogP) is 3.10. The van der Waals surface area contributed by atoms with Gasteiger partial charge in [-0.25, -0.2) is 18.8 Å². The molecule has 10 heteroatoms. The molecule has 0 amide bonds. The molecule has 1 aromatic carbocycles. The van der Waals surface area contributed by atoms with E-state index >= 15 is 0 Å². The van der Waals surface area contributed by atoms with Crippen LogP contribution in [-0.4, -0.2) is 74.9 Å². The minimum absolute atomic E-state index is 0. The molecule has 3 heterocycles. The average Bonchev–Trinajstić information content (AvgIpc) is 2.84. The number of ether oxygens (including phenoxy) is 1. The van der Waals surface area contributed by atoms with Gasteiger partial charge in [-0.3, -0.25) is 0 Å². The summed E-state index contributed by atoms with van der Waals surface area (Å²) in [6.07, 6.45) is 1.81. The molecule has 0 aliphatic carbocycles. The fourth-order valence-corrected chi connectivity index (χ4v) is 4.09. The number of nitrogens with zero attached hydrogens (tertiary/aromatic N) is 5. The Morgan fingerprint density at radius 1 is 1.06 bits per heavy atom. The molecule has 0 radical (unpaired) electrons. The summed E-state index contributed by atoms with van der Waals surface area (Å²) in [7, 11) is 0. The minimum Gasteiger partial charge on any atom is -0.378 e. The lowest BCUT2D eigenvalue weighted by molar-refractivity contribution is 0.122. The number of aromatic nitrogens is 1. The van der Waals surface area contributed by atoms with Crippen molar-refractivity contribution in [2.45, 2.75) is 13.5 Å². The Morgan fingerprint density at radius 2 is 1.82 bits per heavy atom. The third kappa shape index (κ3) is 6.44. The summed E-state index contributed by atoms with van der Waals surface area (Å²) in [5.74, 6) is 0.962. The van der Waals surface area contributed by atoms with E-state index in [1.807, 2.05) is 24.1 Å². The number of hydrogen-bond donors (Lipinski definition) is 1. The van der Waals surface area contributed by atoms with E-state index in [1.165, 1.54) is 12.1 Å². The highest BCUT2D eigenvalue weighted by atomic mass is 127. The lowest BCUT2D eigenvalue weighted by atomic mass is 10.2. The Bertz CT molecular complexity index is 933. The van der Waals surface area contributed by atoms with Crippen LogP contribution in [0.15, 0.2) is 41.5 Å². The quantitative estimate of drug-likeness (QED) is 0.338. The Kier molecular flexibility index (Phi) is 9.48. The van der Waals surface area contributed by atoms with Gasteiger partial charge in [0.15, 0.2) is 5.96 Å². The van der Waals surface area contributed by atoms with Crippen molar-refractivity contribution in [2.24, 2.45) is 4.99 Å². The van der Waals surface area contributed by atoms with Crippen molar-refractivity contribution >= 4 is 41.4 Å². The SMILES string of the molecule is CCNC(=NCc1cccnc1N1CCOCC1)N1CCN(c2cc(F)ccc2F)CC1.I. The highest BCUT2D eigenvalue weighted by Gasteiger charge is 2.22. The summed E-state index contributed by atoms with van der Waals surface area (Å²) in [4.78, 5) is 15.8. The summed E-state index contributed by atoms with van der Waals surface area (Å²) in [5.41, 5.74) is 1.39. The third-order valence-corrected chi connectivity index (χ3v) is 5.74. The van der Waals surface area contributed by atoms with Crippen LogP contribution in [0, 0.1) is 11.6 Å². The number of hydrogen-bond acceptors (Lipinski definition) is 5. The van der Waals surface area contributed by atoms with E-state index in [1.54, 1.807) is 0 Å². The first-order valence-electron chi connectivity index (χ1n) is 11.2. The third-order valence-electron chi connectivity index (χ3n) is 5.74. The van der Waals surface area contributed by atoms with Crippen molar-refractivity contribution in [1.29, 1.82) is 0 Å². The topological polar surface area (TPSA) is 56.2 Å². The summed E-state index contributed by atoms with van der Waals surface area (Å²) >= 11 is 0. The highest BCUT2D eigenvalue weighted by molar-refractivity contribution is 14.0. The largest absolute Gasteiger partial charge is 0.378 e. The molecule has 1 aromatic heterocycles. The first-order chi connectivity index (χ1) is 15.7. The Balaban J connectivity index is 0.00000306. The van der Waals surface area contributed by atoms with E-state index < -0.39 is 11.6 Å². The number of morpholine rings is 1. The van der Waals surface area contributed by atoms with Gasteiger partial charge in [-0.1, -0.05) is 6.07 Å². The second kappa shape index (κ2) is 12.3. The number of aliphatic imine (C=N–C) groups is 1. The molecule has 2 aliphatic heterocycles. The average molecular weight is 572 g/mol. The number of nitrogens with one attached hydrogen (secondary N) is 1. The maximum atomic E-state index is 14.2. The van der Waals surface area contributed by atoms with Crippen LogP contribution in [0.4, 0.5) is 20.3 Å². The summed E-state index contributed by atoms with van der Waals surface area (Å²) < 4.78 is 33.2. The molecule has 1 N–H and O–H groups in total. The van der Waals surface area contributed by atoms with Gasteiger partial charge in [-0.05, 0) is 25.1 Å². The van der Waals surface area contributed by atoms with Gasteiger partial charge in [0.1, 0.15) is 17.5 Å². The van der Waals surface area contributed by atoms with Crippen LogP contribution < -0.4 is 15.1 Å². The van der Waals surface area contributed by atoms with Crippen LogP contribution in [-0.2, 0) is 11.3 Å². The van der Waals surface area contributed by atoms with Crippen LogP contribution in [0.2, 0.25) is 0 Å². The van der Waals surface area contributed by atoms with Crippen molar-refractivity contribution in [3.63, 3.8) is 0 Å². The van der Waals surface area contributed by atoms with E-state index in [9.17, 15) is 8.78 Å². The second-order valence-electron chi connectivity index (χ2n) is 7.83. The maximum Gasteiger partial charge on any atom is 0.194 e. The van der Waals surface area contributed by atoms with Gasteiger partial charge in [0.2, 0.25) is 0 Å². The van der Waals surface area contributed by atoms with Gasteiger partial charge >= 0.3 is 0 Å². The number of piperazine rings is 1. The highest BCUT2D eigenvalue weighted by Crippen LogP contribution is 2.22. The van der Waals surface area contributed by atoms with E-state index in [4.69, 9.17) is 9.73 Å². The lowest BCUT2D eigenvalue weighted by Gasteiger charge is -2.37. The number of pyridine rings is 1. The van der Waals surface area contributed by atoms with Crippen molar-refractivity contribution in [3.8, 4) is 0 Å². The number of rotatable bonds is 5. The molecule has 2 aromatic rings. The molecule has 0 saturated carbocycles. The zero-order chi connectivity index (χ0) is 22.3. The molecule has 4 rings (SSSR count). The van der Waals surface area contributed by atoms with Crippen LogP contribution in [0.5, 0.6) is 0 Å². The smallest absolute Gasteiger partial charge is 0.194 e. The summed E-state index contributed by atoms with van der Waals surface area (Å²) in [5, 5.41) is 3.37. The van der Waals surface area contributed by atoms with Crippen molar-refractivity contribution in [1.82, 2.24) is 15.2 Å². The maximum absolute atomic E-state index is 14.2. The fourth-order valence-electron chi connectivity index (χ4n) is 4.09. The van der Waals surface area contributed by atoms with Crippen molar-refractivity contribution in [2.75, 3.05) is 68.8 Å². The fraction of sp³-hybridized carbons (Fsp3) is 0.478. The number of guanidine groups is 1. The van der Waals surface area contributed by atoms with Crippen molar-refractivity contribution < 1.29 is 13.5 Å². The summed E-state index contributed by atoms with van der Waals surface area (Å²) in [6.45, 7) is 8.90. The number of halogens is 3. The van der Waals surface area contributed by atoms with Gasteiger partial charge in [-0.2, -0.15) is 0 Å². The van der Waals surface area contributed by atoms with Gasteiger partial charge in [0.25, 0.3) is 0 Å². The van der Waals surface area contributed by atoms with Crippen molar-refractivity contribution in [3.05, 3.63) is 53.7 Å². The lowest BCUT2D eigenvalue weighted by Crippen LogP contribution is -2.52. The standard InChI is InChI=1S/C23H30F2N6O.HI/c1-2-26-23(28-17-18-4-3-7-27-22(18)30-12-14-32-15-13-30)31-10-8-29(9-11-31)21-16-19(24)5-6-20(21)25;/h3-7,16H,2,8-15,17H2,1H3,(H,26,28);1H.